The first kappa shape index (κ1) is 17.2. The highest BCUT2D eigenvalue weighted by Gasteiger charge is 2.14. The predicted octanol–water partition coefficient (Wildman–Crippen LogP) is 1.75. The van der Waals surface area contributed by atoms with E-state index in [-0.39, 0.29) is 11.7 Å². The van der Waals surface area contributed by atoms with Gasteiger partial charge >= 0.3 is 11.7 Å². The normalized spacial score (nSPS) is 17.0. The summed E-state index contributed by atoms with van der Waals surface area (Å²) in [4.78, 5) is 35.5. The van der Waals surface area contributed by atoms with Crippen molar-refractivity contribution < 1.29 is 9.53 Å². The summed E-state index contributed by atoms with van der Waals surface area (Å²) in [6.07, 6.45) is 11.7. The van der Waals surface area contributed by atoms with Crippen molar-refractivity contribution >= 4 is 12.0 Å². The maximum absolute atomic E-state index is 12.0. The SMILES string of the molecule is Cn1cc(/C=C/C(=O)OC2CCCCCCC2)c(=O)n(C)c1=O. The van der Waals surface area contributed by atoms with E-state index in [9.17, 15) is 14.4 Å². The molecule has 1 aliphatic carbocycles. The fourth-order valence-electron chi connectivity index (χ4n) is 2.85. The van der Waals surface area contributed by atoms with Gasteiger partial charge in [0.05, 0.1) is 5.56 Å². The molecule has 1 fully saturated rings. The van der Waals surface area contributed by atoms with E-state index >= 15 is 0 Å². The smallest absolute Gasteiger partial charge is 0.331 e. The van der Waals surface area contributed by atoms with Gasteiger partial charge in [-0.25, -0.2) is 9.59 Å². The van der Waals surface area contributed by atoms with Crippen molar-refractivity contribution in [3.8, 4) is 0 Å². The number of aryl methyl sites for hydroxylation is 1. The van der Waals surface area contributed by atoms with Crippen LogP contribution in [0.15, 0.2) is 21.9 Å². The van der Waals surface area contributed by atoms with Gasteiger partial charge in [0.15, 0.2) is 0 Å². The van der Waals surface area contributed by atoms with Crippen molar-refractivity contribution in [3.63, 3.8) is 0 Å². The van der Waals surface area contributed by atoms with Gasteiger partial charge in [-0.2, -0.15) is 0 Å². The van der Waals surface area contributed by atoms with Crippen LogP contribution < -0.4 is 11.2 Å². The molecule has 23 heavy (non-hydrogen) atoms. The van der Waals surface area contributed by atoms with Crippen molar-refractivity contribution in [1.82, 2.24) is 9.13 Å². The molecule has 0 atom stereocenters. The Kier molecular flexibility index (Phi) is 5.96. The molecule has 1 aromatic rings. The van der Waals surface area contributed by atoms with E-state index in [1.807, 2.05) is 0 Å². The molecule has 0 amide bonds. The van der Waals surface area contributed by atoms with Crippen LogP contribution in [0.3, 0.4) is 0 Å². The molecule has 1 saturated carbocycles. The van der Waals surface area contributed by atoms with Crippen molar-refractivity contribution in [1.29, 1.82) is 0 Å². The number of carbonyl (C=O) groups is 1. The summed E-state index contributed by atoms with van der Waals surface area (Å²) in [5, 5.41) is 0. The molecule has 1 aromatic heterocycles. The minimum absolute atomic E-state index is 0.0320. The molecule has 0 radical (unpaired) electrons. The number of hydrogen-bond acceptors (Lipinski definition) is 4. The van der Waals surface area contributed by atoms with Gasteiger partial charge in [-0.1, -0.05) is 19.3 Å². The number of rotatable bonds is 3. The highest BCUT2D eigenvalue weighted by Crippen LogP contribution is 2.19. The van der Waals surface area contributed by atoms with Crippen LogP contribution in [0.4, 0.5) is 0 Å². The second-order valence-electron chi connectivity index (χ2n) is 6.08. The highest BCUT2D eigenvalue weighted by molar-refractivity contribution is 5.87. The molecular weight excluding hydrogens is 296 g/mol. The zero-order valence-electron chi connectivity index (χ0n) is 13.8. The largest absolute Gasteiger partial charge is 0.459 e. The van der Waals surface area contributed by atoms with Gasteiger partial charge in [-0.15, -0.1) is 0 Å². The van der Waals surface area contributed by atoms with Crippen LogP contribution in [-0.4, -0.2) is 21.2 Å². The number of ether oxygens (including phenoxy) is 1. The Balaban J connectivity index is 2.03. The molecule has 6 nitrogen and oxygen atoms in total. The minimum Gasteiger partial charge on any atom is -0.459 e. The quantitative estimate of drug-likeness (QED) is 0.628. The Morgan fingerprint density at radius 1 is 1.13 bits per heavy atom. The zero-order valence-corrected chi connectivity index (χ0v) is 13.8. The summed E-state index contributed by atoms with van der Waals surface area (Å²) in [6, 6.07) is 0. The number of carbonyl (C=O) groups excluding carboxylic acids is 1. The van der Waals surface area contributed by atoms with Gasteiger partial charge in [0.2, 0.25) is 0 Å². The Morgan fingerprint density at radius 2 is 1.74 bits per heavy atom. The molecule has 0 bridgehead atoms. The second-order valence-corrected chi connectivity index (χ2v) is 6.08. The number of esters is 1. The first-order chi connectivity index (χ1) is 11.0. The van der Waals surface area contributed by atoms with Crippen molar-refractivity contribution in [2.45, 2.75) is 51.0 Å². The first-order valence-corrected chi connectivity index (χ1v) is 8.14. The standard InChI is InChI=1S/C17H24N2O4/c1-18-12-13(16(21)19(2)17(18)22)10-11-15(20)23-14-8-6-4-3-5-7-9-14/h10-12,14H,3-9H2,1-2H3/b11-10+. The van der Waals surface area contributed by atoms with E-state index < -0.39 is 17.2 Å². The zero-order chi connectivity index (χ0) is 16.8. The summed E-state index contributed by atoms with van der Waals surface area (Å²) in [6.45, 7) is 0. The molecule has 1 heterocycles. The van der Waals surface area contributed by atoms with E-state index in [1.165, 1.54) is 49.2 Å². The molecule has 0 unspecified atom stereocenters. The van der Waals surface area contributed by atoms with E-state index in [0.717, 1.165) is 30.3 Å². The van der Waals surface area contributed by atoms with Gasteiger partial charge in [0.1, 0.15) is 6.10 Å². The van der Waals surface area contributed by atoms with Crippen LogP contribution >= 0.6 is 0 Å². The molecular formula is C17H24N2O4. The van der Waals surface area contributed by atoms with Crippen molar-refractivity contribution in [2.24, 2.45) is 14.1 Å². The van der Waals surface area contributed by atoms with E-state index in [1.54, 1.807) is 7.05 Å². The maximum atomic E-state index is 12.0. The summed E-state index contributed by atoms with van der Waals surface area (Å²) < 4.78 is 7.79. The third-order valence-electron chi connectivity index (χ3n) is 4.21. The maximum Gasteiger partial charge on any atom is 0.331 e. The molecule has 126 valence electrons. The van der Waals surface area contributed by atoms with Crippen LogP contribution in [-0.2, 0) is 23.6 Å². The third-order valence-corrected chi connectivity index (χ3v) is 4.21. The number of nitrogens with zero attached hydrogens (tertiary/aromatic N) is 2. The Labute approximate surface area is 135 Å². The van der Waals surface area contributed by atoms with Crippen LogP contribution in [0.5, 0.6) is 0 Å². The summed E-state index contributed by atoms with van der Waals surface area (Å²) >= 11 is 0. The second kappa shape index (κ2) is 7.94. The van der Waals surface area contributed by atoms with Gasteiger partial charge < -0.3 is 9.30 Å². The average molecular weight is 320 g/mol. The van der Waals surface area contributed by atoms with Gasteiger partial charge in [-0.05, 0) is 31.8 Å². The Hall–Kier alpha value is -2.11. The van der Waals surface area contributed by atoms with Crippen molar-refractivity contribution in [3.05, 3.63) is 38.7 Å². The summed E-state index contributed by atoms with van der Waals surface area (Å²) in [7, 11) is 2.97. The number of hydrogen-bond donors (Lipinski definition) is 0. The average Bonchev–Trinajstić information content (AvgIpc) is 2.50. The van der Waals surface area contributed by atoms with Crippen LogP contribution in [0.2, 0.25) is 0 Å². The molecule has 0 aromatic carbocycles. The van der Waals surface area contributed by atoms with Crippen molar-refractivity contribution in [2.75, 3.05) is 0 Å². The highest BCUT2D eigenvalue weighted by atomic mass is 16.5. The molecule has 0 aliphatic heterocycles. The van der Waals surface area contributed by atoms with Crippen LogP contribution in [0, 0.1) is 0 Å². The van der Waals surface area contributed by atoms with Gasteiger partial charge in [0, 0.05) is 26.4 Å². The van der Waals surface area contributed by atoms with Gasteiger partial charge in [0.25, 0.3) is 5.56 Å². The molecule has 2 rings (SSSR count). The molecule has 0 spiro atoms. The van der Waals surface area contributed by atoms with E-state index in [2.05, 4.69) is 0 Å². The fraction of sp³-hybridized carbons (Fsp3) is 0.588. The first-order valence-electron chi connectivity index (χ1n) is 8.14. The Morgan fingerprint density at radius 3 is 2.39 bits per heavy atom. The van der Waals surface area contributed by atoms with Crippen LogP contribution in [0.1, 0.15) is 50.5 Å². The summed E-state index contributed by atoms with van der Waals surface area (Å²) in [5.74, 6) is -0.438. The topological polar surface area (TPSA) is 70.3 Å². The lowest BCUT2D eigenvalue weighted by molar-refractivity contribution is -0.143. The monoisotopic (exact) mass is 320 g/mol. The van der Waals surface area contributed by atoms with Gasteiger partial charge in [-0.3, -0.25) is 9.36 Å². The molecule has 1 aliphatic rings. The summed E-state index contributed by atoms with van der Waals surface area (Å²) in [5.41, 5.74) is -0.545. The van der Waals surface area contributed by atoms with E-state index in [0.29, 0.717) is 0 Å². The lowest BCUT2D eigenvalue weighted by Gasteiger charge is -2.19. The lowest BCUT2D eigenvalue weighted by Crippen LogP contribution is -2.37. The molecule has 0 N–H and O–H groups in total. The van der Waals surface area contributed by atoms with Crippen LogP contribution in [0.25, 0.3) is 6.08 Å². The molecule has 6 heteroatoms. The number of aromatic nitrogens is 2. The lowest BCUT2D eigenvalue weighted by atomic mass is 9.99. The third kappa shape index (κ3) is 4.68. The molecule has 0 saturated heterocycles. The fourth-order valence-corrected chi connectivity index (χ4v) is 2.85. The van der Waals surface area contributed by atoms with E-state index in [4.69, 9.17) is 4.74 Å². The minimum atomic E-state index is -0.438. The predicted molar refractivity (Wildman–Crippen MR) is 88.2 cm³/mol. The Bertz CT molecular complexity index is 692.